The van der Waals surface area contributed by atoms with Crippen molar-refractivity contribution in [3.8, 4) is 6.07 Å². The van der Waals surface area contributed by atoms with Gasteiger partial charge in [0.25, 0.3) is 0 Å². The van der Waals surface area contributed by atoms with Crippen LogP contribution in [-0.4, -0.2) is 37.0 Å². The lowest BCUT2D eigenvalue weighted by Crippen LogP contribution is -2.39. The number of hydrogen-bond acceptors (Lipinski definition) is 3. The molecular weight excluding hydrogens is 190 g/mol. The van der Waals surface area contributed by atoms with Crippen LogP contribution in [0.2, 0.25) is 0 Å². The number of amides is 1. The van der Waals surface area contributed by atoms with Crippen LogP contribution in [0.5, 0.6) is 0 Å². The average molecular weight is 207 g/mol. The van der Waals surface area contributed by atoms with Crippen molar-refractivity contribution in [3.63, 3.8) is 0 Å². The molecule has 0 aromatic rings. The van der Waals surface area contributed by atoms with E-state index in [2.05, 4.69) is 11.4 Å². The highest BCUT2D eigenvalue weighted by atomic mass is 16.2. The zero-order chi connectivity index (χ0) is 10.9. The predicted molar refractivity (Wildman–Crippen MR) is 55.9 cm³/mol. The van der Waals surface area contributed by atoms with Gasteiger partial charge in [0.2, 0.25) is 5.91 Å². The largest absolute Gasteiger partial charge is 0.344 e. The minimum absolute atomic E-state index is 0.00818. The first kappa shape index (κ1) is 10.4. The molecule has 1 atom stereocenters. The minimum atomic E-state index is -0.00818. The van der Waals surface area contributed by atoms with Gasteiger partial charge >= 0.3 is 0 Å². The maximum absolute atomic E-state index is 11.6. The van der Waals surface area contributed by atoms with Gasteiger partial charge in [0.1, 0.15) is 0 Å². The molecule has 1 N–H and O–H groups in total. The molecule has 0 spiro atoms. The Kier molecular flexibility index (Phi) is 2.66. The van der Waals surface area contributed by atoms with E-state index in [0.717, 1.165) is 32.4 Å². The summed E-state index contributed by atoms with van der Waals surface area (Å²) in [6.07, 6.45) is 3.78. The van der Waals surface area contributed by atoms with E-state index in [-0.39, 0.29) is 17.4 Å². The zero-order valence-electron chi connectivity index (χ0n) is 9.12. The average Bonchev–Trinajstić information content (AvgIpc) is 2.91. The van der Waals surface area contributed by atoms with Crippen LogP contribution in [0.15, 0.2) is 0 Å². The molecule has 1 saturated carbocycles. The number of hydrogen-bond donors (Lipinski definition) is 1. The summed E-state index contributed by atoms with van der Waals surface area (Å²) in [4.78, 5) is 13.4. The number of likely N-dealkylation sites (tertiary alicyclic amines) is 1. The summed E-state index contributed by atoms with van der Waals surface area (Å²) in [7, 11) is 1.84. The Bertz CT molecular complexity index is 303. The van der Waals surface area contributed by atoms with Gasteiger partial charge in [-0.3, -0.25) is 4.79 Å². The van der Waals surface area contributed by atoms with E-state index in [1.807, 2.05) is 7.05 Å². The lowest BCUT2D eigenvalue weighted by molar-refractivity contribution is -0.128. The van der Waals surface area contributed by atoms with Crippen LogP contribution in [0.25, 0.3) is 0 Å². The summed E-state index contributed by atoms with van der Waals surface area (Å²) in [6.45, 7) is 1.67. The van der Waals surface area contributed by atoms with E-state index < -0.39 is 0 Å². The highest BCUT2D eigenvalue weighted by Crippen LogP contribution is 2.47. The van der Waals surface area contributed by atoms with Crippen molar-refractivity contribution >= 4 is 5.91 Å². The number of carbonyl (C=O) groups is 1. The first-order chi connectivity index (χ1) is 7.17. The van der Waals surface area contributed by atoms with Crippen LogP contribution in [-0.2, 0) is 4.79 Å². The van der Waals surface area contributed by atoms with Gasteiger partial charge in [-0.25, -0.2) is 0 Å². The molecule has 0 bridgehead atoms. The Hall–Kier alpha value is -1.08. The van der Waals surface area contributed by atoms with Gasteiger partial charge in [0, 0.05) is 26.6 Å². The molecule has 0 aromatic heterocycles. The van der Waals surface area contributed by atoms with Gasteiger partial charge in [0.15, 0.2) is 0 Å². The molecule has 1 amide bonds. The smallest absolute Gasteiger partial charge is 0.239 e. The van der Waals surface area contributed by atoms with Crippen LogP contribution in [0.3, 0.4) is 0 Å². The van der Waals surface area contributed by atoms with Crippen molar-refractivity contribution in [2.75, 3.05) is 20.1 Å². The van der Waals surface area contributed by atoms with E-state index in [4.69, 9.17) is 5.26 Å². The Balaban J connectivity index is 1.79. The molecule has 4 heteroatoms. The van der Waals surface area contributed by atoms with Crippen molar-refractivity contribution in [1.82, 2.24) is 10.2 Å². The second-order valence-corrected chi connectivity index (χ2v) is 4.82. The molecule has 15 heavy (non-hydrogen) atoms. The van der Waals surface area contributed by atoms with Crippen molar-refractivity contribution in [2.24, 2.45) is 5.41 Å². The molecule has 1 heterocycles. The third-order valence-corrected chi connectivity index (χ3v) is 3.56. The summed E-state index contributed by atoms with van der Waals surface area (Å²) in [5.41, 5.74) is 0.191. The van der Waals surface area contributed by atoms with Crippen LogP contribution < -0.4 is 5.32 Å². The highest BCUT2D eigenvalue weighted by Gasteiger charge is 2.43. The van der Waals surface area contributed by atoms with E-state index in [1.54, 1.807) is 4.90 Å². The van der Waals surface area contributed by atoms with Crippen molar-refractivity contribution in [1.29, 1.82) is 5.26 Å². The fraction of sp³-hybridized carbons (Fsp3) is 0.818. The summed E-state index contributed by atoms with van der Waals surface area (Å²) < 4.78 is 0. The van der Waals surface area contributed by atoms with Gasteiger partial charge in [-0.05, 0) is 24.7 Å². The molecular formula is C11H17N3O. The molecule has 1 aliphatic heterocycles. The van der Waals surface area contributed by atoms with Crippen molar-refractivity contribution in [2.45, 2.75) is 31.7 Å². The van der Waals surface area contributed by atoms with Gasteiger partial charge in [-0.15, -0.1) is 0 Å². The third-order valence-electron chi connectivity index (χ3n) is 3.56. The lowest BCUT2D eigenvalue weighted by Gasteiger charge is -2.16. The molecule has 1 saturated heterocycles. The summed E-state index contributed by atoms with van der Waals surface area (Å²) in [5, 5.41) is 12.0. The van der Waals surface area contributed by atoms with Gasteiger partial charge in [0.05, 0.1) is 12.1 Å². The standard InChI is InChI=1S/C11H17N3O/c1-14-7-2-9(10(14)15)13-8-11(3-4-11)5-6-12/h9,13H,2-5,7-8H2,1H3. The molecule has 2 rings (SSSR count). The van der Waals surface area contributed by atoms with Crippen LogP contribution in [0.1, 0.15) is 25.7 Å². The highest BCUT2D eigenvalue weighted by molar-refractivity contribution is 5.83. The third kappa shape index (κ3) is 2.13. The number of nitriles is 1. The van der Waals surface area contributed by atoms with Crippen LogP contribution in [0, 0.1) is 16.7 Å². The first-order valence-corrected chi connectivity index (χ1v) is 5.52. The predicted octanol–water partition coefficient (Wildman–Crippen LogP) is 0.501. The number of likely N-dealkylation sites (N-methyl/N-ethyl adjacent to an activating group) is 1. The van der Waals surface area contributed by atoms with E-state index in [9.17, 15) is 4.79 Å². The van der Waals surface area contributed by atoms with Gasteiger partial charge in [-0.1, -0.05) is 0 Å². The molecule has 82 valence electrons. The Morgan fingerprint density at radius 1 is 1.67 bits per heavy atom. The number of nitrogens with one attached hydrogen (secondary N) is 1. The summed E-state index contributed by atoms with van der Waals surface area (Å²) in [6, 6.07) is 2.22. The van der Waals surface area contributed by atoms with E-state index in [1.165, 1.54) is 0 Å². The normalized spacial score (nSPS) is 27.9. The van der Waals surface area contributed by atoms with E-state index >= 15 is 0 Å². The molecule has 0 radical (unpaired) electrons. The number of rotatable bonds is 4. The Morgan fingerprint density at radius 2 is 2.40 bits per heavy atom. The molecule has 1 aliphatic carbocycles. The number of nitrogens with zero attached hydrogens (tertiary/aromatic N) is 2. The van der Waals surface area contributed by atoms with E-state index in [0.29, 0.717) is 6.42 Å². The fourth-order valence-corrected chi connectivity index (χ4v) is 2.11. The Morgan fingerprint density at radius 3 is 2.87 bits per heavy atom. The lowest BCUT2D eigenvalue weighted by atomic mass is 10.0. The van der Waals surface area contributed by atoms with Crippen LogP contribution >= 0.6 is 0 Å². The second-order valence-electron chi connectivity index (χ2n) is 4.82. The number of carbonyl (C=O) groups excluding carboxylic acids is 1. The molecule has 2 aliphatic rings. The Labute approximate surface area is 90.2 Å². The maximum atomic E-state index is 11.6. The maximum Gasteiger partial charge on any atom is 0.239 e. The minimum Gasteiger partial charge on any atom is -0.344 e. The van der Waals surface area contributed by atoms with Crippen LogP contribution in [0.4, 0.5) is 0 Å². The quantitative estimate of drug-likeness (QED) is 0.730. The first-order valence-electron chi connectivity index (χ1n) is 5.52. The van der Waals surface area contributed by atoms with Gasteiger partial charge in [-0.2, -0.15) is 5.26 Å². The monoisotopic (exact) mass is 207 g/mol. The van der Waals surface area contributed by atoms with Crippen molar-refractivity contribution < 1.29 is 4.79 Å². The SMILES string of the molecule is CN1CCC(NCC2(CC#N)CC2)C1=O. The molecule has 0 aromatic carbocycles. The zero-order valence-corrected chi connectivity index (χ0v) is 9.12. The van der Waals surface area contributed by atoms with Crippen molar-refractivity contribution in [3.05, 3.63) is 0 Å². The summed E-state index contributed by atoms with van der Waals surface area (Å²) in [5.74, 6) is 0.197. The molecule has 4 nitrogen and oxygen atoms in total. The fourth-order valence-electron chi connectivity index (χ4n) is 2.11. The molecule has 1 unspecified atom stereocenters. The topological polar surface area (TPSA) is 56.1 Å². The summed E-state index contributed by atoms with van der Waals surface area (Å²) >= 11 is 0. The second kappa shape index (κ2) is 3.82. The molecule has 2 fully saturated rings. The van der Waals surface area contributed by atoms with Gasteiger partial charge < -0.3 is 10.2 Å².